The molecule has 0 amide bonds. The van der Waals surface area contributed by atoms with Gasteiger partial charge in [0.2, 0.25) is 0 Å². The van der Waals surface area contributed by atoms with Gasteiger partial charge in [-0.15, -0.1) is 0 Å². The van der Waals surface area contributed by atoms with Gasteiger partial charge in [0.1, 0.15) is 0 Å². The normalized spacial score (nSPS) is 21.3. The molecule has 0 N–H and O–H groups in total. The van der Waals surface area contributed by atoms with Crippen molar-refractivity contribution in [3.8, 4) is 0 Å². The van der Waals surface area contributed by atoms with Crippen molar-refractivity contribution >= 4 is 17.4 Å². The fourth-order valence-electron chi connectivity index (χ4n) is 4.43. The Morgan fingerprint density at radius 3 is 1.41 bits per heavy atom. The van der Waals surface area contributed by atoms with E-state index in [1.54, 1.807) is 11.1 Å². The third-order valence-corrected chi connectivity index (χ3v) is 12.3. The number of benzene rings is 2. The van der Waals surface area contributed by atoms with Crippen molar-refractivity contribution in [2.45, 2.75) is 43.5 Å². The van der Waals surface area contributed by atoms with Gasteiger partial charge >= 0.3 is 5.51 Å². The van der Waals surface area contributed by atoms with Crippen LogP contribution >= 0.6 is 7.26 Å². The highest BCUT2D eigenvalue weighted by molar-refractivity contribution is 7.86. The van der Waals surface area contributed by atoms with Crippen LogP contribution in [0, 0.1) is 0 Å². The van der Waals surface area contributed by atoms with E-state index in [-0.39, 0.29) is 0 Å². The standard InChI is InChI=1S/C20H26P.CHF3O3S/c1-3-21(4-2)19(17-11-7-5-8-12-17)15-16-20(21)18-13-9-6-10-14-18;2-1(3,4)8(5,6)7/h5-14,19-20H,3-4,15-16H2,1-2H3;(H,5,6,7)/q+1;/p-1/t19-,20-;/m0./s1. The van der Waals surface area contributed by atoms with Crippen molar-refractivity contribution in [3.63, 3.8) is 0 Å². The van der Waals surface area contributed by atoms with Gasteiger partial charge < -0.3 is 4.55 Å². The lowest BCUT2D eigenvalue weighted by Gasteiger charge is -2.33. The molecule has 8 heteroatoms. The van der Waals surface area contributed by atoms with Gasteiger partial charge in [-0.2, -0.15) is 13.2 Å². The molecule has 0 aromatic heterocycles. The van der Waals surface area contributed by atoms with Crippen LogP contribution in [-0.2, 0) is 10.1 Å². The number of alkyl halides is 3. The van der Waals surface area contributed by atoms with Crippen LogP contribution in [0.2, 0.25) is 0 Å². The van der Waals surface area contributed by atoms with Crippen LogP contribution in [0.5, 0.6) is 0 Å². The summed E-state index contributed by atoms with van der Waals surface area (Å²) in [5, 5.41) is 0. The Labute approximate surface area is 171 Å². The molecule has 0 aliphatic carbocycles. The van der Waals surface area contributed by atoms with Crippen molar-refractivity contribution < 1.29 is 26.1 Å². The molecule has 2 aromatic carbocycles. The van der Waals surface area contributed by atoms with Crippen LogP contribution in [0.15, 0.2) is 60.7 Å². The van der Waals surface area contributed by atoms with Gasteiger partial charge in [0.15, 0.2) is 10.1 Å². The summed E-state index contributed by atoms with van der Waals surface area (Å²) in [5.74, 6) is 0. The van der Waals surface area contributed by atoms with Gasteiger partial charge in [0, 0.05) is 7.26 Å². The molecule has 160 valence electrons. The van der Waals surface area contributed by atoms with Crippen LogP contribution in [0.1, 0.15) is 49.1 Å². The fraction of sp³-hybridized carbons (Fsp3) is 0.429. The minimum absolute atomic E-state index is 0.818. The van der Waals surface area contributed by atoms with E-state index in [1.165, 1.54) is 25.2 Å². The molecule has 3 rings (SSSR count). The number of hydrogen-bond donors (Lipinski definition) is 0. The summed E-state index contributed by atoms with van der Waals surface area (Å²) in [6, 6.07) is 22.6. The molecule has 0 spiro atoms. The van der Waals surface area contributed by atoms with E-state index in [1.807, 2.05) is 0 Å². The Morgan fingerprint density at radius 1 is 0.862 bits per heavy atom. The molecule has 2 aromatic rings. The van der Waals surface area contributed by atoms with Crippen molar-refractivity contribution in [2.24, 2.45) is 0 Å². The van der Waals surface area contributed by atoms with E-state index >= 15 is 0 Å². The van der Waals surface area contributed by atoms with Gasteiger partial charge in [-0.3, -0.25) is 0 Å². The van der Waals surface area contributed by atoms with E-state index in [0.717, 1.165) is 11.3 Å². The average Bonchev–Trinajstić information content (AvgIpc) is 3.08. The molecule has 1 heterocycles. The summed E-state index contributed by atoms with van der Waals surface area (Å²) in [7, 11) is -7.06. The zero-order valence-corrected chi connectivity index (χ0v) is 18.2. The first kappa shape index (κ1) is 23.8. The first-order chi connectivity index (χ1) is 13.6. The lowest BCUT2D eigenvalue weighted by Crippen LogP contribution is -2.21. The Morgan fingerprint density at radius 2 is 1.17 bits per heavy atom. The minimum atomic E-state index is -6.09. The highest BCUT2D eigenvalue weighted by Gasteiger charge is 2.55. The van der Waals surface area contributed by atoms with E-state index in [4.69, 9.17) is 13.0 Å². The number of halogens is 3. The molecule has 1 fully saturated rings. The Kier molecular flexibility index (Phi) is 7.88. The predicted molar refractivity (Wildman–Crippen MR) is 111 cm³/mol. The second-order valence-electron chi connectivity index (χ2n) is 7.07. The Hall–Kier alpha value is -1.43. The van der Waals surface area contributed by atoms with Gasteiger partial charge in [0.25, 0.3) is 0 Å². The van der Waals surface area contributed by atoms with Gasteiger partial charge in [0.05, 0.1) is 23.6 Å². The van der Waals surface area contributed by atoms with E-state index in [2.05, 4.69) is 74.5 Å². The second kappa shape index (κ2) is 9.59. The van der Waals surface area contributed by atoms with Gasteiger partial charge in [-0.1, -0.05) is 60.7 Å². The van der Waals surface area contributed by atoms with Crippen LogP contribution in [0.4, 0.5) is 13.2 Å². The first-order valence-corrected chi connectivity index (χ1v) is 13.3. The Bertz CT molecular complexity index is 818. The average molecular weight is 446 g/mol. The highest BCUT2D eigenvalue weighted by Crippen LogP contribution is 2.84. The molecule has 3 nitrogen and oxygen atoms in total. The molecule has 0 bridgehead atoms. The summed E-state index contributed by atoms with van der Waals surface area (Å²) in [5.41, 5.74) is -0.828. The maximum atomic E-state index is 10.7. The zero-order chi connectivity index (χ0) is 21.7. The highest BCUT2D eigenvalue weighted by atomic mass is 32.2. The lowest BCUT2D eigenvalue weighted by molar-refractivity contribution is -0.0517. The van der Waals surface area contributed by atoms with Crippen LogP contribution in [-0.4, -0.2) is 30.8 Å². The quantitative estimate of drug-likeness (QED) is 0.311. The smallest absolute Gasteiger partial charge is 0.485 e. The van der Waals surface area contributed by atoms with Crippen LogP contribution in [0.3, 0.4) is 0 Å². The largest absolute Gasteiger partial charge is 0.741 e. The van der Waals surface area contributed by atoms with Crippen molar-refractivity contribution in [3.05, 3.63) is 71.8 Å². The molecule has 2 atom stereocenters. The van der Waals surface area contributed by atoms with Gasteiger partial charge in [-0.25, -0.2) is 8.42 Å². The van der Waals surface area contributed by atoms with Crippen LogP contribution < -0.4 is 0 Å². The van der Waals surface area contributed by atoms with Crippen molar-refractivity contribution in [1.82, 2.24) is 0 Å². The van der Waals surface area contributed by atoms with E-state index < -0.39 is 22.9 Å². The molecule has 1 aliphatic rings. The minimum Gasteiger partial charge on any atom is -0.741 e. The molecule has 1 aliphatic heterocycles. The lowest BCUT2D eigenvalue weighted by atomic mass is 10.0. The van der Waals surface area contributed by atoms with Crippen molar-refractivity contribution in [1.29, 1.82) is 0 Å². The maximum Gasteiger partial charge on any atom is 0.485 e. The first-order valence-electron chi connectivity index (χ1n) is 9.55. The molecular formula is C21H26F3O3PS. The fourth-order valence-corrected chi connectivity index (χ4v) is 9.93. The Balaban J connectivity index is 0.000000321. The molecule has 29 heavy (non-hydrogen) atoms. The summed E-state index contributed by atoms with van der Waals surface area (Å²) in [4.78, 5) is 0. The third-order valence-electron chi connectivity index (χ3n) is 5.78. The summed E-state index contributed by atoms with van der Waals surface area (Å²) >= 11 is 0. The molecule has 1 saturated heterocycles. The predicted octanol–water partition coefficient (Wildman–Crippen LogP) is 6.37. The SMILES string of the molecule is CC[P+]1(CC)[C@H](c2ccccc2)CC[C@H]1c1ccccc1.O=S(=O)([O-])C(F)(F)F. The molecule has 0 unspecified atom stereocenters. The molecule has 0 radical (unpaired) electrons. The summed E-state index contributed by atoms with van der Waals surface area (Å²) < 4.78 is 58.9. The van der Waals surface area contributed by atoms with E-state index in [0.29, 0.717) is 0 Å². The molecule has 0 saturated carbocycles. The zero-order valence-electron chi connectivity index (χ0n) is 16.5. The summed E-state index contributed by atoms with van der Waals surface area (Å²) in [6.07, 6.45) is 5.50. The summed E-state index contributed by atoms with van der Waals surface area (Å²) in [6.45, 7) is 4.88. The van der Waals surface area contributed by atoms with Crippen LogP contribution in [0.25, 0.3) is 0 Å². The second-order valence-corrected chi connectivity index (χ2v) is 13.2. The van der Waals surface area contributed by atoms with Gasteiger partial charge in [-0.05, 0) is 37.8 Å². The number of hydrogen-bond acceptors (Lipinski definition) is 3. The van der Waals surface area contributed by atoms with Crippen molar-refractivity contribution in [2.75, 3.05) is 12.3 Å². The third kappa shape index (κ3) is 5.39. The topological polar surface area (TPSA) is 57.2 Å². The molecular weight excluding hydrogens is 420 g/mol. The number of rotatable bonds is 4. The maximum absolute atomic E-state index is 10.7. The van der Waals surface area contributed by atoms with E-state index in [9.17, 15) is 13.2 Å². The monoisotopic (exact) mass is 446 g/mol.